The van der Waals surface area contributed by atoms with Crippen molar-refractivity contribution in [2.45, 2.75) is 6.42 Å². The van der Waals surface area contributed by atoms with Crippen LogP contribution in [0, 0.1) is 22.7 Å². The molecular weight excluding hydrogens is 312 g/mol. The van der Waals surface area contributed by atoms with Crippen molar-refractivity contribution in [3.05, 3.63) is 59.1 Å². The highest BCUT2D eigenvalue weighted by Crippen LogP contribution is 2.16. The summed E-state index contributed by atoms with van der Waals surface area (Å²) < 4.78 is 5.66. The second-order valence-corrected chi connectivity index (χ2v) is 4.98. The fraction of sp³-hybridized carbons (Fsp3) is 0.118. The Morgan fingerprint density at radius 2 is 1.70 bits per heavy atom. The number of hydrogen-bond acceptors (Lipinski definition) is 5. The van der Waals surface area contributed by atoms with Gasteiger partial charge in [0.05, 0.1) is 12.3 Å². The Hall–Kier alpha value is -3.02. The normalized spacial score (nSPS) is 9.35. The molecule has 0 spiro atoms. The second kappa shape index (κ2) is 8.43. The molecule has 0 fully saturated rings. The first-order chi connectivity index (χ1) is 11.2. The monoisotopic (exact) mass is 324 g/mol. The van der Waals surface area contributed by atoms with Gasteiger partial charge in [0.2, 0.25) is 5.71 Å². The van der Waals surface area contributed by atoms with Gasteiger partial charge in [-0.3, -0.25) is 5.43 Å². The summed E-state index contributed by atoms with van der Waals surface area (Å²) in [5.41, 5.74) is 4.23. The van der Waals surface area contributed by atoms with E-state index >= 15 is 0 Å². The van der Waals surface area contributed by atoms with Gasteiger partial charge in [-0.15, -0.1) is 0 Å². The number of anilines is 1. The number of nitrogens with one attached hydrogen (secondary N) is 1. The molecule has 0 radical (unpaired) electrons. The molecule has 0 aliphatic rings. The average Bonchev–Trinajstić information content (AvgIpc) is 2.59. The number of benzene rings is 2. The molecule has 2 rings (SSSR count). The van der Waals surface area contributed by atoms with E-state index in [1.807, 2.05) is 24.3 Å². The zero-order valence-corrected chi connectivity index (χ0v) is 12.9. The van der Waals surface area contributed by atoms with Crippen LogP contribution in [0.3, 0.4) is 0 Å². The third-order valence-electron chi connectivity index (χ3n) is 2.94. The summed E-state index contributed by atoms with van der Waals surface area (Å²) in [6, 6.07) is 18.1. The number of hydrazone groups is 1. The van der Waals surface area contributed by atoms with E-state index in [1.54, 1.807) is 36.4 Å². The lowest BCUT2D eigenvalue weighted by Crippen LogP contribution is -2.01. The van der Waals surface area contributed by atoms with Crippen LogP contribution in [0.1, 0.15) is 5.56 Å². The maximum absolute atomic E-state index is 8.58. The molecule has 1 N–H and O–H groups in total. The molecule has 0 heterocycles. The van der Waals surface area contributed by atoms with Crippen LogP contribution in [0.5, 0.6) is 5.75 Å². The highest BCUT2D eigenvalue weighted by molar-refractivity contribution is 6.30. The quantitative estimate of drug-likeness (QED) is 0.647. The summed E-state index contributed by atoms with van der Waals surface area (Å²) in [6.45, 7) is 0.555. The van der Waals surface area contributed by atoms with Crippen LogP contribution in [0.25, 0.3) is 0 Å². The van der Waals surface area contributed by atoms with Crippen LogP contribution >= 0.6 is 11.6 Å². The molecule has 0 bridgehead atoms. The third-order valence-corrected chi connectivity index (χ3v) is 3.19. The summed E-state index contributed by atoms with van der Waals surface area (Å²) in [7, 11) is 0. The Labute approximate surface area is 139 Å². The fourth-order valence-electron chi connectivity index (χ4n) is 1.76. The number of ether oxygens (including phenoxy) is 1. The van der Waals surface area contributed by atoms with Gasteiger partial charge >= 0.3 is 0 Å². The lowest BCUT2D eigenvalue weighted by Gasteiger charge is -2.07. The first kappa shape index (κ1) is 16.4. The van der Waals surface area contributed by atoms with Crippen LogP contribution in [-0.4, -0.2) is 12.3 Å². The second-order valence-electron chi connectivity index (χ2n) is 4.55. The van der Waals surface area contributed by atoms with E-state index < -0.39 is 0 Å². The van der Waals surface area contributed by atoms with Crippen molar-refractivity contribution in [2.75, 3.05) is 12.0 Å². The molecule has 0 unspecified atom stereocenters. The lowest BCUT2D eigenvalue weighted by molar-refractivity contribution is 0.322. The SMILES string of the molecule is N#CC(C#N)=NNc1ccc(OCCc2ccc(Cl)cc2)cc1. The van der Waals surface area contributed by atoms with Gasteiger partial charge < -0.3 is 4.74 Å². The first-order valence-electron chi connectivity index (χ1n) is 6.82. The van der Waals surface area contributed by atoms with Gasteiger partial charge in [-0.1, -0.05) is 23.7 Å². The molecule has 0 aromatic heterocycles. The van der Waals surface area contributed by atoms with Crippen molar-refractivity contribution in [1.82, 2.24) is 0 Å². The Balaban J connectivity index is 1.83. The van der Waals surface area contributed by atoms with Crippen LogP contribution in [0.2, 0.25) is 5.02 Å². The molecule has 0 atom stereocenters. The first-order valence-corrected chi connectivity index (χ1v) is 7.20. The van der Waals surface area contributed by atoms with Crippen molar-refractivity contribution in [2.24, 2.45) is 5.10 Å². The minimum Gasteiger partial charge on any atom is -0.493 e. The number of nitriles is 2. The van der Waals surface area contributed by atoms with Crippen LogP contribution in [0.4, 0.5) is 5.69 Å². The summed E-state index contributed by atoms with van der Waals surface area (Å²) in [5, 5.41) is 21.5. The number of hydrogen-bond donors (Lipinski definition) is 1. The van der Waals surface area contributed by atoms with Crippen LogP contribution in [0.15, 0.2) is 53.6 Å². The van der Waals surface area contributed by atoms with E-state index in [0.717, 1.165) is 22.8 Å². The fourth-order valence-corrected chi connectivity index (χ4v) is 1.88. The van der Waals surface area contributed by atoms with E-state index in [4.69, 9.17) is 26.9 Å². The standard InChI is InChI=1S/C17H13ClN4O/c18-14-3-1-13(2-4-14)9-10-23-17-7-5-15(6-8-17)21-22-16(11-19)12-20/h1-8,21H,9-10H2. The highest BCUT2D eigenvalue weighted by atomic mass is 35.5. The van der Waals surface area contributed by atoms with E-state index in [2.05, 4.69) is 10.5 Å². The largest absolute Gasteiger partial charge is 0.493 e. The minimum atomic E-state index is -0.228. The molecule has 2 aromatic rings. The van der Waals surface area contributed by atoms with Crippen molar-refractivity contribution in [1.29, 1.82) is 10.5 Å². The molecule has 114 valence electrons. The predicted octanol–water partition coefficient (Wildman–Crippen LogP) is 3.78. The molecule has 0 aliphatic heterocycles. The van der Waals surface area contributed by atoms with Crippen molar-refractivity contribution in [3.63, 3.8) is 0 Å². The number of nitrogens with zero attached hydrogens (tertiary/aromatic N) is 3. The molecule has 0 amide bonds. The van der Waals surface area contributed by atoms with Gasteiger partial charge in [-0.05, 0) is 42.0 Å². The Kier molecular flexibility index (Phi) is 5.99. The molecule has 2 aromatic carbocycles. The van der Waals surface area contributed by atoms with Gasteiger partial charge in [-0.2, -0.15) is 15.6 Å². The minimum absolute atomic E-state index is 0.228. The van der Waals surface area contributed by atoms with Crippen molar-refractivity contribution >= 4 is 23.0 Å². The van der Waals surface area contributed by atoms with Gasteiger partial charge in [0.1, 0.15) is 17.9 Å². The summed E-state index contributed by atoms with van der Waals surface area (Å²) >= 11 is 5.84. The molecule has 0 aliphatic carbocycles. The van der Waals surface area contributed by atoms with Gasteiger partial charge in [0.25, 0.3) is 0 Å². The maximum Gasteiger partial charge on any atom is 0.237 e. The van der Waals surface area contributed by atoms with Crippen LogP contribution in [-0.2, 0) is 6.42 Å². The van der Waals surface area contributed by atoms with E-state index in [0.29, 0.717) is 12.3 Å². The Morgan fingerprint density at radius 3 is 2.30 bits per heavy atom. The van der Waals surface area contributed by atoms with E-state index in [9.17, 15) is 0 Å². The molecule has 23 heavy (non-hydrogen) atoms. The summed E-state index contributed by atoms with van der Waals surface area (Å²) in [5.74, 6) is 0.731. The van der Waals surface area contributed by atoms with Gasteiger partial charge in [-0.25, -0.2) is 0 Å². The van der Waals surface area contributed by atoms with Crippen molar-refractivity contribution < 1.29 is 4.74 Å². The molecular formula is C17H13ClN4O. The number of rotatable bonds is 6. The average molecular weight is 325 g/mol. The smallest absolute Gasteiger partial charge is 0.237 e. The predicted molar refractivity (Wildman–Crippen MR) is 89.4 cm³/mol. The zero-order chi connectivity index (χ0) is 16.5. The topological polar surface area (TPSA) is 81.2 Å². The highest BCUT2D eigenvalue weighted by Gasteiger charge is 1.98. The van der Waals surface area contributed by atoms with Crippen molar-refractivity contribution in [3.8, 4) is 17.9 Å². The third kappa shape index (κ3) is 5.35. The summed E-state index contributed by atoms with van der Waals surface area (Å²) in [6.07, 6.45) is 0.787. The zero-order valence-electron chi connectivity index (χ0n) is 12.2. The maximum atomic E-state index is 8.58. The molecule has 0 saturated heterocycles. The number of halogens is 1. The van der Waals surface area contributed by atoms with Gasteiger partial charge in [0.15, 0.2) is 0 Å². The molecule has 0 saturated carbocycles. The molecule has 6 heteroatoms. The molecule has 5 nitrogen and oxygen atoms in total. The van der Waals surface area contributed by atoms with Gasteiger partial charge in [0, 0.05) is 11.4 Å². The summed E-state index contributed by atoms with van der Waals surface area (Å²) in [4.78, 5) is 0. The van der Waals surface area contributed by atoms with E-state index in [-0.39, 0.29) is 5.71 Å². The van der Waals surface area contributed by atoms with Crippen LogP contribution < -0.4 is 10.2 Å². The Morgan fingerprint density at radius 1 is 1.04 bits per heavy atom. The Bertz CT molecular complexity index is 739. The van der Waals surface area contributed by atoms with E-state index in [1.165, 1.54) is 0 Å². The lowest BCUT2D eigenvalue weighted by atomic mass is 10.2.